The van der Waals surface area contributed by atoms with E-state index in [4.69, 9.17) is 0 Å². The number of aromatic nitrogens is 2. The summed E-state index contributed by atoms with van der Waals surface area (Å²) in [4.78, 5) is 13.5. The summed E-state index contributed by atoms with van der Waals surface area (Å²) in [5, 5.41) is 0. The van der Waals surface area contributed by atoms with Crippen molar-refractivity contribution in [1.82, 2.24) is 9.55 Å². The average molecular weight is 216 g/mol. The summed E-state index contributed by atoms with van der Waals surface area (Å²) in [6.45, 7) is 0. The molecule has 0 aliphatic carbocycles. The number of alkyl halides is 3. The normalized spacial score (nSPS) is 12.3. The minimum atomic E-state index is -4.39. The van der Waals surface area contributed by atoms with Gasteiger partial charge in [0.1, 0.15) is 0 Å². The van der Waals surface area contributed by atoms with Gasteiger partial charge in [-0.3, -0.25) is 4.57 Å². The first kappa shape index (κ1) is 9.82. The average Bonchev–Trinajstić information content (AvgIpc) is 2.41. The molecule has 2 aromatic rings. The van der Waals surface area contributed by atoms with Crippen molar-refractivity contribution in [3.8, 4) is 0 Å². The number of H-pyrrole nitrogens is 1. The van der Waals surface area contributed by atoms with Crippen LogP contribution in [0.25, 0.3) is 11.0 Å². The van der Waals surface area contributed by atoms with E-state index in [1.54, 1.807) is 0 Å². The number of nitrogens with zero attached hydrogens (tertiary/aromatic N) is 1. The van der Waals surface area contributed by atoms with Crippen LogP contribution in [-0.2, 0) is 13.2 Å². The van der Waals surface area contributed by atoms with Gasteiger partial charge in [0, 0.05) is 7.05 Å². The number of aromatic amines is 1. The van der Waals surface area contributed by atoms with Crippen LogP contribution in [0, 0.1) is 0 Å². The molecule has 80 valence electrons. The van der Waals surface area contributed by atoms with Crippen molar-refractivity contribution in [3.05, 3.63) is 34.2 Å². The molecule has 0 amide bonds. The van der Waals surface area contributed by atoms with Crippen LogP contribution >= 0.6 is 0 Å². The Kier molecular flexibility index (Phi) is 1.89. The fraction of sp³-hybridized carbons (Fsp3) is 0.222. The molecule has 0 atom stereocenters. The first-order valence-electron chi connectivity index (χ1n) is 4.15. The number of imidazole rings is 1. The van der Waals surface area contributed by atoms with Crippen LogP contribution in [-0.4, -0.2) is 9.55 Å². The minimum absolute atomic E-state index is 0.192. The van der Waals surface area contributed by atoms with Crippen LogP contribution in [0.15, 0.2) is 23.0 Å². The van der Waals surface area contributed by atoms with Gasteiger partial charge in [-0.25, -0.2) is 4.79 Å². The second-order valence-electron chi connectivity index (χ2n) is 3.22. The summed E-state index contributed by atoms with van der Waals surface area (Å²) in [5.74, 6) is 0. The van der Waals surface area contributed by atoms with Gasteiger partial charge in [-0.05, 0) is 18.2 Å². The van der Waals surface area contributed by atoms with E-state index in [1.807, 2.05) is 0 Å². The minimum Gasteiger partial charge on any atom is -0.306 e. The molecular formula is C9H7F3N2O. The van der Waals surface area contributed by atoms with Gasteiger partial charge in [0.2, 0.25) is 0 Å². The Hall–Kier alpha value is -1.72. The first-order chi connectivity index (χ1) is 6.89. The highest BCUT2D eigenvalue weighted by Crippen LogP contribution is 2.30. The van der Waals surface area contributed by atoms with E-state index in [0.29, 0.717) is 5.52 Å². The van der Waals surface area contributed by atoms with Crippen molar-refractivity contribution in [2.24, 2.45) is 7.05 Å². The maximum atomic E-state index is 12.3. The van der Waals surface area contributed by atoms with E-state index in [-0.39, 0.29) is 5.52 Å². The Balaban J connectivity index is 2.73. The standard InChI is InChI=1S/C9H7F3N2O/c1-14-7-3-2-5(9(10,11)12)4-6(7)13-8(14)15/h2-4H,1H3,(H,13,15). The fourth-order valence-corrected chi connectivity index (χ4v) is 1.41. The fourth-order valence-electron chi connectivity index (χ4n) is 1.41. The largest absolute Gasteiger partial charge is 0.416 e. The van der Waals surface area contributed by atoms with Crippen LogP contribution in [0.3, 0.4) is 0 Å². The Morgan fingerprint density at radius 1 is 1.33 bits per heavy atom. The molecule has 15 heavy (non-hydrogen) atoms. The van der Waals surface area contributed by atoms with Gasteiger partial charge in [-0.15, -0.1) is 0 Å². The van der Waals surface area contributed by atoms with E-state index in [9.17, 15) is 18.0 Å². The Morgan fingerprint density at radius 2 is 2.00 bits per heavy atom. The lowest BCUT2D eigenvalue weighted by Gasteiger charge is -2.05. The monoisotopic (exact) mass is 216 g/mol. The Bertz CT molecular complexity index is 565. The Morgan fingerprint density at radius 3 is 2.60 bits per heavy atom. The van der Waals surface area contributed by atoms with Crippen molar-refractivity contribution < 1.29 is 13.2 Å². The topological polar surface area (TPSA) is 37.8 Å². The third kappa shape index (κ3) is 1.51. The van der Waals surface area contributed by atoms with Gasteiger partial charge in [-0.2, -0.15) is 13.2 Å². The van der Waals surface area contributed by atoms with Crippen LogP contribution in [0.1, 0.15) is 5.56 Å². The van der Waals surface area contributed by atoms with Crippen LogP contribution in [0.5, 0.6) is 0 Å². The highest BCUT2D eigenvalue weighted by atomic mass is 19.4. The van der Waals surface area contributed by atoms with Gasteiger partial charge < -0.3 is 4.98 Å². The molecular weight excluding hydrogens is 209 g/mol. The van der Waals surface area contributed by atoms with Crippen molar-refractivity contribution in [3.63, 3.8) is 0 Å². The van der Waals surface area contributed by atoms with Crippen molar-refractivity contribution in [2.45, 2.75) is 6.18 Å². The van der Waals surface area contributed by atoms with Crippen molar-refractivity contribution >= 4 is 11.0 Å². The molecule has 1 aromatic carbocycles. The third-order valence-corrected chi connectivity index (χ3v) is 2.23. The van der Waals surface area contributed by atoms with Gasteiger partial charge in [0.15, 0.2) is 0 Å². The number of hydrogen-bond acceptors (Lipinski definition) is 1. The van der Waals surface area contributed by atoms with E-state index < -0.39 is 17.4 Å². The predicted molar refractivity (Wildman–Crippen MR) is 48.5 cm³/mol. The SMILES string of the molecule is Cn1c(=O)[nH]c2cc(C(F)(F)F)ccc21. The lowest BCUT2D eigenvalue weighted by molar-refractivity contribution is -0.137. The zero-order valence-electron chi connectivity index (χ0n) is 7.72. The molecule has 0 saturated heterocycles. The summed E-state index contributed by atoms with van der Waals surface area (Å²) in [5.41, 5.74) is -0.550. The van der Waals surface area contributed by atoms with Crippen molar-refractivity contribution in [2.75, 3.05) is 0 Å². The second kappa shape index (κ2) is 2.88. The van der Waals surface area contributed by atoms with Crippen LogP contribution in [0.4, 0.5) is 13.2 Å². The lowest BCUT2D eigenvalue weighted by atomic mass is 10.2. The lowest BCUT2D eigenvalue weighted by Crippen LogP contribution is -2.11. The Labute approximate surface area is 82.1 Å². The summed E-state index contributed by atoms with van der Waals surface area (Å²) >= 11 is 0. The first-order valence-corrected chi connectivity index (χ1v) is 4.15. The summed E-state index contributed by atoms with van der Waals surface area (Å²) in [7, 11) is 1.49. The molecule has 1 aromatic heterocycles. The number of hydrogen-bond donors (Lipinski definition) is 1. The highest BCUT2D eigenvalue weighted by Gasteiger charge is 2.30. The predicted octanol–water partition coefficient (Wildman–Crippen LogP) is 1.89. The van der Waals surface area contributed by atoms with Gasteiger partial charge in [-0.1, -0.05) is 0 Å². The number of rotatable bonds is 0. The molecule has 0 unspecified atom stereocenters. The zero-order chi connectivity index (χ0) is 11.2. The molecule has 1 N–H and O–H groups in total. The number of halogens is 3. The molecule has 0 spiro atoms. The van der Waals surface area contributed by atoms with Gasteiger partial charge in [0.25, 0.3) is 0 Å². The quantitative estimate of drug-likeness (QED) is 0.717. The summed E-state index contributed by atoms with van der Waals surface area (Å²) in [6, 6.07) is 3.16. The van der Waals surface area contributed by atoms with E-state index >= 15 is 0 Å². The molecule has 0 radical (unpaired) electrons. The number of nitrogens with one attached hydrogen (secondary N) is 1. The van der Waals surface area contributed by atoms with Gasteiger partial charge in [0.05, 0.1) is 16.6 Å². The molecule has 0 bridgehead atoms. The maximum absolute atomic E-state index is 12.3. The van der Waals surface area contributed by atoms with Crippen molar-refractivity contribution in [1.29, 1.82) is 0 Å². The molecule has 6 heteroatoms. The molecule has 0 aliphatic heterocycles. The molecule has 3 nitrogen and oxygen atoms in total. The van der Waals surface area contributed by atoms with E-state index in [2.05, 4.69) is 4.98 Å². The zero-order valence-corrected chi connectivity index (χ0v) is 7.72. The number of fused-ring (bicyclic) bond motifs is 1. The number of benzene rings is 1. The molecule has 0 saturated carbocycles. The van der Waals surface area contributed by atoms with E-state index in [0.717, 1.165) is 12.1 Å². The molecule has 1 heterocycles. The van der Waals surface area contributed by atoms with Crippen LogP contribution < -0.4 is 5.69 Å². The van der Waals surface area contributed by atoms with Gasteiger partial charge >= 0.3 is 11.9 Å². The number of aryl methyl sites for hydroxylation is 1. The second-order valence-corrected chi connectivity index (χ2v) is 3.22. The van der Waals surface area contributed by atoms with Crippen LogP contribution in [0.2, 0.25) is 0 Å². The van der Waals surface area contributed by atoms with E-state index in [1.165, 1.54) is 17.7 Å². The molecule has 2 rings (SSSR count). The summed E-state index contributed by atoms with van der Waals surface area (Å²) in [6.07, 6.45) is -4.39. The molecule has 0 aliphatic rings. The highest BCUT2D eigenvalue weighted by molar-refractivity contribution is 5.76. The smallest absolute Gasteiger partial charge is 0.306 e. The summed E-state index contributed by atoms with van der Waals surface area (Å²) < 4.78 is 38.2. The third-order valence-electron chi connectivity index (χ3n) is 2.23. The maximum Gasteiger partial charge on any atom is 0.416 e. The molecule has 0 fully saturated rings.